The quantitative estimate of drug-likeness (QED) is 0.887. The molecular formula is C15H19BrFNO. The number of rotatable bonds is 3. The Bertz CT molecular complexity index is 463. The number of amides is 1. The number of nitrogens with one attached hydrogen (secondary N) is 1. The van der Waals surface area contributed by atoms with Crippen LogP contribution in [0.5, 0.6) is 0 Å². The van der Waals surface area contributed by atoms with Crippen LogP contribution in [0.3, 0.4) is 0 Å². The molecule has 0 aliphatic heterocycles. The lowest BCUT2D eigenvalue weighted by molar-refractivity contribution is 0.0935. The SMILES string of the molecule is CC1CCCCC1CNC(=O)c1ccc(F)cc1Br. The molecule has 2 unspecified atom stereocenters. The van der Waals surface area contributed by atoms with Gasteiger partial charge in [0.2, 0.25) is 0 Å². The second-order valence-corrected chi connectivity index (χ2v) is 6.21. The van der Waals surface area contributed by atoms with Crippen LogP contribution in [0.2, 0.25) is 0 Å². The Morgan fingerprint density at radius 1 is 1.42 bits per heavy atom. The summed E-state index contributed by atoms with van der Waals surface area (Å²) < 4.78 is 13.5. The average molecular weight is 328 g/mol. The highest BCUT2D eigenvalue weighted by Gasteiger charge is 2.22. The van der Waals surface area contributed by atoms with E-state index in [0.29, 0.717) is 28.4 Å². The van der Waals surface area contributed by atoms with Gasteiger partial charge in [0.25, 0.3) is 5.91 Å². The fourth-order valence-corrected chi connectivity index (χ4v) is 3.22. The minimum atomic E-state index is -0.343. The maximum absolute atomic E-state index is 13.0. The van der Waals surface area contributed by atoms with E-state index in [4.69, 9.17) is 0 Å². The third-order valence-corrected chi connectivity index (χ3v) is 4.65. The topological polar surface area (TPSA) is 29.1 Å². The Morgan fingerprint density at radius 2 is 2.16 bits per heavy atom. The van der Waals surface area contributed by atoms with Gasteiger partial charge in [-0.3, -0.25) is 4.79 Å². The highest BCUT2D eigenvalue weighted by atomic mass is 79.9. The summed E-state index contributed by atoms with van der Waals surface area (Å²) in [5.41, 5.74) is 0.491. The summed E-state index contributed by atoms with van der Waals surface area (Å²) in [6.45, 7) is 2.97. The lowest BCUT2D eigenvalue weighted by Crippen LogP contribution is -2.33. The van der Waals surface area contributed by atoms with E-state index in [1.54, 1.807) is 0 Å². The van der Waals surface area contributed by atoms with E-state index in [0.717, 1.165) is 0 Å². The summed E-state index contributed by atoms with van der Waals surface area (Å²) in [7, 11) is 0. The van der Waals surface area contributed by atoms with Crippen molar-refractivity contribution in [3.05, 3.63) is 34.1 Å². The van der Waals surface area contributed by atoms with Gasteiger partial charge in [0.1, 0.15) is 5.82 Å². The highest BCUT2D eigenvalue weighted by Crippen LogP contribution is 2.29. The third-order valence-electron chi connectivity index (χ3n) is 3.99. The monoisotopic (exact) mass is 327 g/mol. The second-order valence-electron chi connectivity index (χ2n) is 5.36. The Morgan fingerprint density at radius 3 is 2.84 bits per heavy atom. The summed E-state index contributed by atoms with van der Waals surface area (Å²) in [6.07, 6.45) is 4.99. The van der Waals surface area contributed by atoms with Gasteiger partial charge in [0.05, 0.1) is 5.56 Å². The molecule has 0 heterocycles. The van der Waals surface area contributed by atoms with Gasteiger partial charge >= 0.3 is 0 Å². The molecular weight excluding hydrogens is 309 g/mol. The molecule has 1 aliphatic carbocycles. The van der Waals surface area contributed by atoms with Crippen molar-refractivity contribution >= 4 is 21.8 Å². The zero-order valence-corrected chi connectivity index (χ0v) is 12.7. The van der Waals surface area contributed by atoms with Gasteiger partial charge in [-0.05, 0) is 52.4 Å². The maximum Gasteiger partial charge on any atom is 0.252 e. The van der Waals surface area contributed by atoms with Crippen LogP contribution < -0.4 is 5.32 Å². The molecule has 0 aromatic heterocycles. The van der Waals surface area contributed by atoms with Gasteiger partial charge in [-0.1, -0.05) is 26.2 Å². The van der Waals surface area contributed by atoms with E-state index in [2.05, 4.69) is 28.2 Å². The van der Waals surface area contributed by atoms with Crippen molar-refractivity contribution < 1.29 is 9.18 Å². The molecule has 1 aliphatic rings. The summed E-state index contributed by atoms with van der Waals surface area (Å²) in [4.78, 5) is 12.1. The molecule has 1 amide bonds. The van der Waals surface area contributed by atoms with Gasteiger partial charge in [0.15, 0.2) is 0 Å². The van der Waals surface area contributed by atoms with Crippen molar-refractivity contribution in [2.24, 2.45) is 11.8 Å². The maximum atomic E-state index is 13.0. The van der Waals surface area contributed by atoms with Gasteiger partial charge in [0, 0.05) is 11.0 Å². The van der Waals surface area contributed by atoms with Gasteiger partial charge in [-0.25, -0.2) is 4.39 Å². The third kappa shape index (κ3) is 3.78. The fraction of sp³-hybridized carbons (Fsp3) is 0.533. The first-order valence-corrected chi connectivity index (χ1v) is 7.60. The van der Waals surface area contributed by atoms with Crippen molar-refractivity contribution in [3.63, 3.8) is 0 Å². The van der Waals surface area contributed by atoms with E-state index >= 15 is 0 Å². The van der Waals surface area contributed by atoms with E-state index < -0.39 is 0 Å². The summed E-state index contributed by atoms with van der Waals surface area (Å²) in [5.74, 6) is 0.761. The Labute approximate surface area is 121 Å². The normalized spacial score (nSPS) is 23.1. The van der Waals surface area contributed by atoms with Crippen molar-refractivity contribution in [1.29, 1.82) is 0 Å². The van der Waals surface area contributed by atoms with Crippen molar-refractivity contribution in [1.82, 2.24) is 5.32 Å². The predicted molar refractivity (Wildman–Crippen MR) is 77.6 cm³/mol. The highest BCUT2D eigenvalue weighted by molar-refractivity contribution is 9.10. The zero-order valence-electron chi connectivity index (χ0n) is 11.1. The predicted octanol–water partition coefficient (Wildman–Crippen LogP) is 4.14. The number of carbonyl (C=O) groups is 1. The number of hydrogen-bond donors (Lipinski definition) is 1. The Kier molecular flexibility index (Phi) is 4.97. The van der Waals surface area contributed by atoms with Crippen LogP contribution in [0, 0.1) is 17.7 Å². The minimum absolute atomic E-state index is 0.135. The molecule has 19 heavy (non-hydrogen) atoms. The first-order valence-electron chi connectivity index (χ1n) is 6.81. The summed E-state index contributed by atoms with van der Waals surface area (Å²) in [5, 5.41) is 2.97. The standard InChI is InChI=1S/C15H19BrFNO/c1-10-4-2-3-5-11(10)9-18-15(19)13-7-6-12(17)8-14(13)16/h6-8,10-11H,2-5,9H2,1H3,(H,18,19). The average Bonchev–Trinajstić information content (AvgIpc) is 2.37. The number of halogens is 2. The summed E-state index contributed by atoms with van der Waals surface area (Å²) in [6, 6.07) is 4.14. The van der Waals surface area contributed by atoms with Crippen LogP contribution >= 0.6 is 15.9 Å². The van der Waals surface area contributed by atoms with Crippen molar-refractivity contribution in [2.75, 3.05) is 6.54 Å². The van der Waals surface area contributed by atoms with Crippen LogP contribution in [0.1, 0.15) is 43.0 Å². The van der Waals surface area contributed by atoms with Crippen molar-refractivity contribution in [2.45, 2.75) is 32.6 Å². The van der Waals surface area contributed by atoms with E-state index in [9.17, 15) is 9.18 Å². The minimum Gasteiger partial charge on any atom is -0.352 e. The largest absolute Gasteiger partial charge is 0.352 e. The molecule has 0 saturated heterocycles. The molecule has 0 bridgehead atoms. The lowest BCUT2D eigenvalue weighted by Gasteiger charge is -2.28. The molecule has 1 aromatic rings. The van der Waals surface area contributed by atoms with Crippen molar-refractivity contribution in [3.8, 4) is 0 Å². The summed E-state index contributed by atoms with van der Waals surface area (Å²) >= 11 is 3.22. The van der Waals surface area contributed by atoms with Gasteiger partial charge < -0.3 is 5.32 Å². The Hall–Kier alpha value is -0.900. The van der Waals surface area contributed by atoms with E-state index in [-0.39, 0.29) is 11.7 Å². The van der Waals surface area contributed by atoms with Gasteiger partial charge in [-0.2, -0.15) is 0 Å². The smallest absolute Gasteiger partial charge is 0.252 e. The molecule has 2 nitrogen and oxygen atoms in total. The molecule has 104 valence electrons. The molecule has 0 spiro atoms. The van der Waals surface area contributed by atoms with Crippen LogP contribution in [0.15, 0.2) is 22.7 Å². The van der Waals surface area contributed by atoms with Gasteiger partial charge in [-0.15, -0.1) is 0 Å². The number of hydrogen-bond acceptors (Lipinski definition) is 1. The number of benzene rings is 1. The van der Waals surface area contributed by atoms with E-state index in [1.165, 1.54) is 43.9 Å². The molecule has 2 rings (SSSR count). The molecule has 1 fully saturated rings. The first kappa shape index (κ1) is 14.5. The fourth-order valence-electron chi connectivity index (χ4n) is 2.69. The number of carbonyl (C=O) groups excluding carboxylic acids is 1. The molecule has 1 aromatic carbocycles. The van der Waals surface area contributed by atoms with Crippen LogP contribution in [0.4, 0.5) is 4.39 Å². The van der Waals surface area contributed by atoms with Crippen LogP contribution in [0.25, 0.3) is 0 Å². The lowest BCUT2D eigenvalue weighted by atomic mass is 9.80. The molecule has 1 saturated carbocycles. The zero-order chi connectivity index (χ0) is 13.8. The molecule has 4 heteroatoms. The van der Waals surface area contributed by atoms with E-state index in [1.807, 2.05) is 0 Å². The molecule has 2 atom stereocenters. The van der Waals surface area contributed by atoms with Crippen LogP contribution in [-0.2, 0) is 0 Å². The molecule has 1 N–H and O–H groups in total. The molecule has 0 radical (unpaired) electrons. The first-order chi connectivity index (χ1) is 9.08. The van der Waals surface area contributed by atoms with Crippen LogP contribution in [-0.4, -0.2) is 12.5 Å². The Balaban J connectivity index is 1.93. The second kappa shape index (κ2) is 6.51.